The van der Waals surface area contributed by atoms with Crippen LogP contribution in [0, 0.1) is 19.8 Å². The van der Waals surface area contributed by atoms with Gasteiger partial charge in [-0.15, -0.1) is 0 Å². The van der Waals surface area contributed by atoms with Crippen molar-refractivity contribution in [1.82, 2.24) is 24.4 Å². The van der Waals surface area contributed by atoms with Gasteiger partial charge in [-0.3, -0.25) is 9.59 Å². The molecule has 1 unspecified atom stereocenters. The molecule has 2 amide bonds. The molecule has 0 aromatic carbocycles. The van der Waals surface area contributed by atoms with Crippen molar-refractivity contribution in [3.8, 4) is 0 Å². The molecular weight excluding hydrogens is 390 g/mol. The Labute approximate surface area is 183 Å². The number of fused-ring (bicyclic) bond motifs is 1. The van der Waals surface area contributed by atoms with E-state index in [-0.39, 0.29) is 17.9 Å². The molecule has 7 heteroatoms. The number of aromatic nitrogens is 3. The molecule has 166 valence electrons. The van der Waals surface area contributed by atoms with Crippen molar-refractivity contribution in [1.29, 1.82) is 0 Å². The minimum atomic E-state index is 0.0682. The first-order chi connectivity index (χ1) is 15.0. The Balaban J connectivity index is 1.36. The smallest absolute Gasteiger partial charge is 0.226 e. The van der Waals surface area contributed by atoms with Gasteiger partial charge in [0.1, 0.15) is 0 Å². The highest BCUT2D eigenvalue weighted by molar-refractivity contribution is 5.81. The summed E-state index contributed by atoms with van der Waals surface area (Å²) in [6, 6.07) is 2.12. The number of hydrogen-bond acceptors (Lipinski definition) is 4. The number of likely N-dealkylation sites (tertiary alicyclic amines) is 2. The lowest BCUT2D eigenvalue weighted by Crippen LogP contribution is -2.35. The molecular formula is C24H33N5O2. The third-order valence-corrected chi connectivity index (χ3v) is 7.28. The van der Waals surface area contributed by atoms with Crippen molar-refractivity contribution in [2.24, 2.45) is 5.92 Å². The van der Waals surface area contributed by atoms with E-state index in [0.717, 1.165) is 86.5 Å². The number of piperidine rings is 1. The van der Waals surface area contributed by atoms with Crippen LogP contribution in [0.15, 0.2) is 6.07 Å². The molecule has 3 aliphatic rings. The molecule has 3 fully saturated rings. The average Bonchev–Trinajstić information content (AvgIpc) is 3.36. The van der Waals surface area contributed by atoms with Crippen LogP contribution in [0.4, 0.5) is 0 Å². The summed E-state index contributed by atoms with van der Waals surface area (Å²) in [5.74, 6) is 0.793. The fraction of sp³-hybridized carbons (Fsp3) is 0.667. The number of nitrogens with zero attached hydrogens (tertiary/aromatic N) is 5. The maximum atomic E-state index is 12.7. The van der Waals surface area contributed by atoms with Gasteiger partial charge in [0, 0.05) is 49.4 Å². The first-order valence-electron chi connectivity index (χ1n) is 12.0. The van der Waals surface area contributed by atoms with Crippen molar-refractivity contribution in [3.63, 3.8) is 0 Å². The first kappa shape index (κ1) is 20.5. The van der Waals surface area contributed by atoms with Crippen LogP contribution < -0.4 is 0 Å². The Hall–Kier alpha value is -2.44. The van der Waals surface area contributed by atoms with Crippen molar-refractivity contribution in [2.75, 3.05) is 19.6 Å². The van der Waals surface area contributed by atoms with E-state index in [0.29, 0.717) is 18.7 Å². The first-order valence-corrected chi connectivity index (χ1v) is 12.0. The Bertz CT molecular complexity index is 1000. The van der Waals surface area contributed by atoms with Crippen LogP contribution in [0.25, 0.3) is 5.65 Å². The van der Waals surface area contributed by atoms with Crippen LogP contribution in [0.1, 0.15) is 80.1 Å². The topological polar surface area (TPSA) is 70.8 Å². The molecule has 0 radical (unpaired) electrons. The van der Waals surface area contributed by atoms with E-state index in [4.69, 9.17) is 10.1 Å². The van der Waals surface area contributed by atoms with Crippen LogP contribution in [0.2, 0.25) is 0 Å². The van der Waals surface area contributed by atoms with Crippen molar-refractivity contribution in [3.05, 3.63) is 28.7 Å². The van der Waals surface area contributed by atoms with Gasteiger partial charge in [-0.25, -0.2) is 9.50 Å². The number of carbonyl (C=O) groups excluding carboxylic acids is 2. The Kier molecular flexibility index (Phi) is 5.44. The second kappa shape index (κ2) is 8.24. The summed E-state index contributed by atoms with van der Waals surface area (Å²) in [6.45, 7) is 6.73. The van der Waals surface area contributed by atoms with E-state index in [1.165, 1.54) is 6.42 Å². The maximum Gasteiger partial charge on any atom is 0.226 e. The Morgan fingerprint density at radius 1 is 1.03 bits per heavy atom. The zero-order valence-electron chi connectivity index (χ0n) is 18.8. The summed E-state index contributed by atoms with van der Waals surface area (Å²) in [6.07, 6.45) is 8.76. The number of hydrogen-bond donors (Lipinski definition) is 0. The quantitative estimate of drug-likeness (QED) is 0.739. The molecule has 1 saturated carbocycles. The Morgan fingerprint density at radius 2 is 1.81 bits per heavy atom. The lowest BCUT2D eigenvalue weighted by atomic mass is 10.0. The SMILES string of the molecule is Cc1nc2cc(C3CCCN3C(=O)C3CC3)nn2c(C)c1CCC(=O)N1CCCCC1. The van der Waals surface area contributed by atoms with E-state index in [1.54, 1.807) is 0 Å². The Morgan fingerprint density at radius 3 is 2.55 bits per heavy atom. The van der Waals surface area contributed by atoms with Crippen LogP contribution in [0.3, 0.4) is 0 Å². The van der Waals surface area contributed by atoms with Gasteiger partial charge in [-0.2, -0.15) is 5.10 Å². The average molecular weight is 424 g/mol. The molecule has 31 heavy (non-hydrogen) atoms. The van der Waals surface area contributed by atoms with Crippen LogP contribution in [-0.4, -0.2) is 55.8 Å². The lowest BCUT2D eigenvalue weighted by molar-refractivity contribution is -0.133. The zero-order chi connectivity index (χ0) is 21.5. The van der Waals surface area contributed by atoms with Gasteiger partial charge in [0.15, 0.2) is 5.65 Å². The van der Waals surface area contributed by atoms with E-state index in [1.807, 2.05) is 27.3 Å². The summed E-state index contributed by atoms with van der Waals surface area (Å²) >= 11 is 0. The van der Waals surface area contributed by atoms with Gasteiger partial charge in [0.25, 0.3) is 0 Å². The van der Waals surface area contributed by atoms with Gasteiger partial charge in [0.2, 0.25) is 11.8 Å². The fourth-order valence-corrected chi connectivity index (χ4v) is 5.31. The second-order valence-electron chi connectivity index (χ2n) is 9.51. The van der Waals surface area contributed by atoms with Crippen molar-refractivity contribution >= 4 is 17.5 Å². The van der Waals surface area contributed by atoms with Crippen molar-refractivity contribution in [2.45, 2.75) is 77.7 Å². The molecule has 4 heterocycles. The third kappa shape index (κ3) is 3.94. The van der Waals surface area contributed by atoms with Gasteiger partial charge in [0.05, 0.1) is 11.7 Å². The van der Waals surface area contributed by atoms with Crippen molar-refractivity contribution < 1.29 is 9.59 Å². The van der Waals surface area contributed by atoms with Gasteiger partial charge >= 0.3 is 0 Å². The van der Waals surface area contributed by atoms with Gasteiger partial charge in [-0.1, -0.05) is 0 Å². The molecule has 0 bridgehead atoms. The molecule has 2 aromatic heterocycles. The molecule has 7 nitrogen and oxygen atoms in total. The molecule has 1 atom stereocenters. The number of carbonyl (C=O) groups is 2. The minimum absolute atomic E-state index is 0.0682. The molecule has 2 aliphatic heterocycles. The van der Waals surface area contributed by atoms with Crippen LogP contribution in [-0.2, 0) is 16.0 Å². The highest BCUT2D eigenvalue weighted by Gasteiger charge is 2.39. The van der Waals surface area contributed by atoms with E-state index >= 15 is 0 Å². The molecule has 5 rings (SSSR count). The minimum Gasteiger partial charge on any atom is -0.343 e. The predicted octanol–water partition coefficient (Wildman–Crippen LogP) is 3.36. The molecule has 2 saturated heterocycles. The summed E-state index contributed by atoms with van der Waals surface area (Å²) in [5.41, 5.74) is 4.92. The fourth-order valence-electron chi connectivity index (χ4n) is 5.31. The van der Waals surface area contributed by atoms with E-state index in [2.05, 4.69) is 6.92 Å². The van der Waals surface area contributed by atoms with Crippen LogP contribution >= 0.6 is 0 Å². The largest absolute Gasteiger partial charge is 0.343 e. The molecule has 0 N–H and O–H groups in total. The number of aryl methyl sites for hydroxylation is 2. The third-order valence-electron chi connectivity index (χ3n) is 7.28. The number of rotatable bonds is 5. The maximum absolute atomic E-state index is 12.7. The molecule has 0 spiro atoms. The lowest BCUT2D eigenvalue weighted by Gasteiger charge is -2.26. The van der Waals surface area contributed by atoms with E-state index in [9.17, 15) is 9.59 Å². The molecule has 1 aliphatic carbocycles. The summed E-state index contributed by atoms with van der Waals surface area (Å²) in [5, 5.41) is 4.89. The number of amides is 2. The zero-order valence-corrected chi connectivity index (χ0v) is 18.8. The monoisotopic (exact) mass is 423 g/mol. The van der Waals surface area contributed by atoms with Gasteiger partial charge in [-0.05, 0) is 70.8 Å². The highest BCUT2D eigenvalue weighted by atomic mass is 16.2. The van der Waals surface area contributed by atoms with Gasteiger partial charge < -0.3 is 9.80 Å². The predicted molar refractivity (Wildman–Crippen MR) is 118 cm³/mol. The normalized spacial score (nSPS) is 21.8. The molecule has 2 aromatic rings. The standard InChI is InChI=1S/C24H33N5O2/c1-16-19(10-11-23(30)27-12-4-3-5-13-27)17(2)29-22(25-16)15-20(26-29)21-7-6-14-28(21)24(31)18-8-9-18/h15,18,21H,3-14H2,1-2H3. The summed E-state index contributed by atoms with van der Waals surface area (Å²) in [7, 11) is 0. The second-order valence-corrected chi connectivity index (χ2v) is 9.51. The summed E-state index contributed by atoms with van der Waals surface area (Å²) in [4.78, 5) is 34.2. The highest BCUT2D eigenvalue weighted by Crippen LogP contribution is 2.38. The van der Waals surface area contributed by atoms with Crippen LogP contribution in [0.5, 0.6) is 0 Å². The van der Waals surface area contributed by atoms with E-state index < -0.39 is 0 Å². The summed E-state index contributed by atoms with van der Waals surface area (Å²) < 4.78 is 1.92.